The summed E-state index contributed by atoms with van der Waals surface area (Å²) in [4.78, 5) is 11.1. The van der Waals surface area contributed by atoms with E-state index >= 15 is 0 Å². The number of aliphatic hydroxyl groups is 1. The molecule has 0 saturated heterocycles. The number of carboxylic acids is 1. The molecule has 0 heterocycles. The topological polar surface area (TPSA) is 57.5 Å². The van der Waals surface area contributed by atoms with E-state index in [0.717, 1.165) is 17.5 Å². The first-order chi connectivity index (χ1) is 8.39. The molecule has 0 bridgehead atoms. The summed E-state index contributed by atoms with van der Waals surface area (Å²) >= 11 is 5.58. The molecular formula is C14H19ClO3. The first-order valence-electron chi connectivity index (χ1n) is 5.97. The third-order valence-corrected chi connectivity index (χ3v) is 3.43. The van der Waals surface area contributed by atoms with Crippen molar-refractivity contribution in [1.29, 1.82) is 0 Å². The van der Waals surface area contributed by atoms with Crippen LogP contribution < -0.4 is 0 Å². The Morgan fingerprint density at radius 2 is 1.89 bits per heavy atom. The minimum Gasteiger partial charge on any atom is -0.481 e. The average molecular weight is 271 g/mol. The van der Waals surface area contributed by atoms with Gasteiger partial charge in [-0.25, -0.2) is 0 Å². The molecule has 0 aliphatic heterocycles. The predicted molar refractivity (Wildman–Crippen MR) is 72.0 cm³/mol. The Morgan fingerprint density at radius 1 is 1.33 bits per heavy atom. The molecule has 1 atom stereocenters. The van der Waals surface area contributed by atoms with Gasteiger partial charge in [0.15, 0.2) is 0 Å². The molecule has 0 aliphatic rings. The molecule has 2 N–H and O–H groups in total. The van der Waals surface area contributed by atoms with Crippen molar-refractivity contribution in [2.75, 3.05) is 5.88 Å². The second kappa shape index (κ2) is 6.21. The largest absolute Gasteiger partial charge is 0.481 e. The quantitative estimate of drug-likeness (QED) is 0.781. The van der Waals surface area contributed by atoms with E-state index in [0.29, 0.717) is 12.3 Å². The number of halogens is 1. The van der Waals surface area contributed by atoms with Crippen molar-refractivity contribution < 1.29 is 15.0 Å². The number of carbonyl (C=O) groups is 1. The molecule has 0 spiro atoms. The summed E-state index contributed by atoms with van der Waals surface area (Å²) in [5, 5.41) is 19.0. The van der Waals surface area contributed by atoms with Gasteiger partial charge in [0.25, 0.3) is 0 Å². The Hall–Kier alpha value is -1.06. The second-order valence-electron chi connectivity index (χ2n) is 4.90. The van der Waals surface area contributed by atoms with Crippen molar-refractivity contribution in [2.45, 2.75) is 38.2 Å². The van der Waals surface area contributed by atoms with Crippen LogP contribution in [-0.4, -0.2) is 22.1 Å². The fourth-order valence-electron chi connectivity index (χ4n) is 1.68. The van der Waals surface area contributed by atoms with Crippen LogP contribution in [0, 0.1) is 0 Å². The number of aliphatic carboxylic acids is 1. The highest BCUT2D eigenvalue weighted by molar-refractivity contribution is 6.17. The zero-order valence-electron chi connectivity index (χ0n) is 10.7. The first-order valence-corrected chi connectivity index (χ1v) is 6.51. The van der Waals surface area contributed by atoms with Gasteiger partial charge in [0.2, 0.25) is 0 Å². The van der Waals surface area contributed by atoms with Crippen LogP contribution in [0.1, 0.15) is 43.9 Å². The third-order valence-electron chi connectivity index (χ3n) is 3.16. The van der Waals surface area contributed by atoms with Crippen molar-refractivity contribution in [3.63, 3.8) is 0 Å². The zero-order valence-corrected chi connectivity index (χ0v) is 11.4. The minimum absolute atomic E-state index is 0.529. The maximum atomic E-state index is 11.1. The molecule has 1 unspecified atom stereocenters. The second-order valence-corrected chi connectivity index (χ2v) is 5.28. The van der Waals surface area contributed by atoms with Gasteiger partial charge in [-0.2, -0.15) is 0 Å². The maximum absolute atomic E-state index is 11.1. The van der Waals surface area contributed by atoms with E-state index in [1.807, 2.05) is 0 Å². The number of aliphatic hydroxyl groups excluding tert-OH is 1. The van der Waals surface area contributed by atoms with Crippen LogP contribution in [0.4, 0.5) is 0 Å². The SMILES string of the molecule is CC(C)(C(=O)O)c1ccc(C(O)CCCCl)cc1. The standard InChI is InChI=1S/C14H19ClO3/c1-14(2,13(17)18)11-7-5-10(6-8-11)12(16)4-3-9-15/h5-8,12,16H,3-4,9H2,1-2H3,(H,17,18). The van der Waals surface area contributed by atoms with Crippen molar-refractivity contribution in [3.8, 4) is 0 Å². The number of hydrogen-bond acceptors (Lipinski definition) is 2. The van der Waals surface area contributed by atoms with Crippen LogP contribution in [0.25, 0.3) is 0 Å². The van der Waals surface area contributed by atoms with E-state index in [1.165, 1.54) is 0 Å². The van der Waals surface area contributed by atoms with E-state index in [4.69, 9.17) is 16.7 Å². The Morgan fingerprint density at radius 3 is 2.33 bits per heavy atom. The van der Waals surface area contributed by atoms with Gasteiger partial charge in [0.05, 0.1) is 11.5 Å². The molecule has 1 aromatic rings. The molecule has 3 nitrogen and oxygen atoms in total. The minimum atomic E-state index is -0.917. The molecule has 0 amide bonds. The summed E-state index contributed by atoms with van der Waals surface area (Å²) in [5.74, 6) is -0.334. The van der Waals surface area contributed by atoms with E-state index in [9.17, 15) is 9.90 Å². The monoisotopic (exact) mass is 270 g/mol. The summed E-state index contributed by atoms with van der Waals surface area (Å²) in [7, 11) is 0. The lowest BCUT2D eigenvalue weighted by atomic mass is 9.84. The van der Waals surface area contributed by atoms with E-state index < -0.39 is 17.5 Å². The molecule has 0 saturated carbocycles. The highest BCUT2D eigenvalue weighted by Gasteiger charge is 2.29. The molecule has 18 heavy (non-hydrogen) atoms. The molecule has 1 aromatic carbocycles. The average Bonchev–Trinajstić information content (AvgIpc) is 2.35. The fraction of sp³-hybridized carbons (Fsp3) is 0.500. The van der Waals surface area contributed by atoms with Crippen LogP contribution >= 0.6 is 11.6 Å². The molecule has 100 valence electrons. The summed E-state index contributed by atoms with van der Waals surface area (Å²) in [5.41, 5.74) is 0.605. The Balaban J connectivity index is 2.83. The highest BCUT2D eigenvalue weighted by Crippen LogP contribution is 2.26. The van der Waals surface area contributed by atoms with Crippen LogP contribution in [0.2, 0.25) is 0 Å². The van der Waals surface area contributed by atoms with Gasteiger partial charge >= 0.3 is 5.97 Å². The Kier molecular flexibility index (Phi) is 5.17. The van der Waals surface area contributed by atoms with Gasteiger partial charge in [-0.3, -0.25) is 4.79 Å². The first kappa shape index (κ1) is 15.0. The van der Waals surface area contributed by atoms with Gasteiger partial charge in [0.1, 0.15) is 0 Å². The van der Waals surface area contributed by atoms with Crippen molar-refractivity contribution in [2.24, 2.45) is 0 Å². The van der Waals surface area contributed by atoms with Gasteiger partial charge in [0, 0.05) is 5.88 Å². The van der Waals surface area contributed by atoms with Crippen molar-refractivity contribution in [3.05, 3.63) is 35.4 Å². The maximum Gasteiger partial charge on any atom is 0.313 e. The van der Waals surface area contributed by atoms with E-state index in [-0.39, 0.29) is 0 Å². The molecule has 4 heteroatoms. The van der Waals surface area contributed by atoms with Gasteiger partial charge in [-0.05, 0) is 37.8 Å². The smallest absolute Gasteiger partial charge is 0.313 e. The van der Waals surface area contributed by atoms with Crippen LogP contribution in [0.3, 0.4) is 0 Å². The molecule has 0 radical (unpaired) electrons. The van der Waals surface area contributed by atoms with E-state index in [2.05, 4.69) is 0 Å². The fourth-order valence-corrected chi connectivity index (χ4v) is 1.84. The molecular weight excluding hydrogens is 252 g/mol. The number of hydrogen-bond donors (Lipinski definition) is 2. The molecule has 0 aliphatic carbocycles. The highest BCUT2D eigenvalue weighted by atomic mass is 35.5. The molecule has 0 aromatic heterocycles. The van der Waals surface area contributed by atoms with Crippen LogP contribution in [-0.2, 0) is 10.2 Å². The number of benzene rings is 1. The summed E-state index contributed by atoms with van der Waals surface area (Å²) in [6.07, 6.45) is 0.835. The summed E-state index contributed by atoms with van der Waals surface area (Å²) in [6, 6.07) is 7.07. The molecule has 1 rings (SSSR count). The van der Waals surface area contributed by atoms with Crippen molar-refractivity contribution in [1.82, 2.24) is 0 Å². The van der Waals surface area contributed by atoms with Crippen LogP contribution in [0.5, 0.6) is 0 Å². The normalized spacial score (nSPS) is 13.3. The Labute approximate surface area is 112 Å². The lowest BCUT2D eigenvalue weighted by molar-refractivity contribution is -0.142. The lowest BCUT2D eigenvalue weighted by Gasteiger charge is -2.20. The third kappa shape index (κ3) is 3.47. The molecule has 0 fully saturated rings. The van der Waals surface area contributed by atoms with Gasteiger partial charge in [-0.15, -0.1) is 11.6 Å². The number of carboxylic acid groups (broad SMARTS) is 1. The Bertz CT molecular complexity index is 398. The van der Waals surface area contributed by atoms with Crippen molar-refractivity contribution >= 4 is 17.6 Å². The van der Waals surface area contributed by atoms with E-state index in [1.54, 1.807) is 38.1 Å². The summed E-state index contributed by atoms with van der Waals surface area (Å²) < 4.78 is 0. The van der Waals surface area contributed by atoms with Gasteiger partial charge < -0.3 is 10.2 Å². The number of alkyl halides is 1. The zero-order chi connectivity index (χ0) is 13.8. The lowest BCUT2D eigenvalue weighted by Crippen LogP contribution is -2.28. The van der Waals surface area contributed by atoms with Gasteiger partial charge in [-0.1, -0.05) is 24.3 Å². The number of rotatable bonds is 6. The van der Waals surface area contributed by atoms with Crippen LogP contribution in [0.15, 0.2) is 24.3 Å². The summed E-state index contributed by atoms with van der Waals surface area (Å²) in [6.45, 7) is 3.32. The predicted octanol–water partition coefficient (Wildman–Crippen LogP) is 3.10.